The quantitative estimate of drug-likeness (QED) is 0.824. The van der Waals surface area contributed by atoms with Gasteiger partial charge in [-0.15, -0.1) is 0 Å². The van der Waals surface area contributed by atoms with Crippen molar-refractivity contribution in [1.82, 2.24) is 0 Å². The molecule has 0 aromatic heterocycles. The maximum absolute atomic E-state index is 10.1. The van der Waals surface area contributed by atoms with Crippen LogP contribution in [0.2, 0.25) is 10.0 Å². The number of nitrogens with one attached hydrogen (secondary N) is 1. The molecule has 1 aromatic rings. The molecule has 2 N–H and O–H groups in total. The summed E-state index contributed by atoms with van der Waals surface area (Å²) in [4.78, 5) is 0. The van der Waals surface area contributed by atoms with E-state index in [1.54, 1.807) is 6.07 Å². The highest BCUT2D eigenvalue weighted by atomic mass is 35.5. The first-order chi connectivity index (χ1) is 9.21. The van der Waals surface area contributed by atoms with Crippen LogP contribution in [0.5, 0.6) is 0 Å². The summed E-state index contributed by atoms with van der Waals surface area (Å²) in [6.07, 6.45) is 2.56. The van der Waals surface area contributed by atoms with Crippen molar-refractivity contribution in [1.29, 1.82) is 0 Å². The second kappa shape index (κ2) is 5.75. The highest BCUT2D eigenvalue weighted by Gasteiger charge is 2.40. The number of aliphatic hydroxyl groups excluding tert-OH is 1. The van der Waals surface area contributed by atoms with Gasteiger partial charge in [0.2, 0.25) is 0 Å². The van der Waals surface area contributed by atoms with Crippen LogP contribution in [0, 0.1) is 10.8 Å². The average molecular weight is 316 g/mol. The van der Waals surface area contributed by atoms with Crippen molar-refractivity contribution in [2.45, 2.75) is 46.1 Å². The van der Waals surface area contributed by atoms with Gasteiger partial charge in [0, 0.05) is 6.54 Å². The summed E-state index contributed by atoms with van der Waals surface area (Å²) >= 11 is 12.2. The van der Waals surface area contributed by atoms with Crippen LogP contribution >= 0.6 is 23.2 Å². The molecule has 0 bridgehead atoms. The predicted molar refractivity (Wildman–Crippen MR) is 86.7 cm³/mol. The van der Waals surface area contributed by atoms with E-state index >= 15 is 0 Å². The summed E-state index contributed by atoms with van der Waals surface area (Å²) in [5.41, 5.74) is 1.09. The molecule has 1 aromatic carbocycles. The molecule has 1 saturated carbocycles. The van der Waals surface area contributed by atoms with Crippen molar-refractivity contribution >= 4 is 28.9 Å². The van der Waals surface area contributed by atoms with Gasteiger partial charge < -0.3 is 10.4 Å². The SMILES string of the molecule is CC1(C)CC(O)CC(C)(CNc2cccc(Cl)c2Cl)C1. The van der Waals surface area contributed by atoms with Gasteiger partial charge in [-0.1, -0.05) is 50.0 Å². The molecule has 1 aliphatic carbocycles. The fourth-order valence-electron chi connectivity index (χ4n) is 3.66. The van der Waals surface area contributed by atoms with Crippen LogP contribution < -0.4 is 5.32 Å². The van der Waals surface area contributed by atoms with E-state index in [1.165, 1.54) is 0 Å². The molecule has 112 valence electrons. The Morgan fingerprint density at radius 1 is 1.25 bits per heavy atom. The maximum atomic E-state index is 10.1. The topological polar surface area (TPSA) is 32.3 Å². The lowest BCUT2D eigenvalue weighted by Crippen LogP contribution is -2.42. The number of halogens is 2. The minimum absolute atomic E-state index is 0.0623. The molecule has 0 radical (unpaired) electrons. The lowest BCUT2D eigenvalue weighted by molar-refractivity contribution is -0.00317. The molecule has 0 spiro atoms. The maximum Gasteiger partial charge on any atom is 0.0823 e. The van der Waals surface area contributed by atoms with Gasteiger partial charge in [0.1, 0.15) is 0 Å². The van der Waals surface area contributed by atoms with E-state index in [0.29, 0.717) is 10.0 Å². The van der Waals surface area contributed by atoms with Crippen LogP contribution in [0.15, 0.2) is 18.2 Å². The first kappa shape index (κ1) is 15.9. The number of aliphatic hydroxyl groups is 1. The average Bonchev–Trinajstić information content (AvgIpc) is 2.28. The Bertz CT molecular complexity index is 489. The fraction of sp³-hybridized carbons (Fsp3) is 0.625. The molecule has 0 saturated heterocycles. The summed E-state index contributed by atoms with van der Waals surface area (Å²) in [5.74, 6) is 0. The number of anilines is 1. The normalized spacial score (nSPS) is 29.2. The Hall–Kier alpha value is -0.440. The minimum atomic E-state index is -0.222. The zero-order valence-electron chi connectivity index (χ0n) is 12.3. The van der Waals surface area contributed by atoms with Crippen LogP contribution in [-0.2, 0) is 0 Å². The van der Waals surface area contributed by atoms with Gasteiger partial charge in [-0.05, 0) is 42.2 Å². The van der Waals surface area contributed by atoms with Crippen LogP contribution in [-0.4, -0.2) is 17.8 Å². The second-order valence-electron chi connectivity index (χ2n) is 7.17. The van der Waals surface area contributed by atoms with Gasteiger partial charge in [-0.3, -0.25) is 0 Å². The van der Waals surface area contributed by atoms with Crippen LogP contribution in [0.4, 0.5) is 5.69 Å². The van der Waals surface area contributed by atoms with Gasteiger partial charge in [0.25, 0.3) is 0 Å². The van der Waals surface area contributed by atoms with Crippen LogP contribution in [0.25, 0.3) is 0 Å². The summed E-state index contributed by atoms with van der Waals surface area (Å²) in [6.45, 7) is 7.45. The second-order valence-corrected chi connectivity index (χ2v) is 7.95. The number of benzene rings is 1. The standard InChI is InChI=1S/C16H23Cl2NO/c1-15(2)7-11(20)8-16(3,9-15)10-19-13-6-4-5-12(17)14(13)18/h4-6,11,19-20H,7-10H2,1-3H3. The van der Waals surface area contributed by atoms with Crippen molar-refractivity contribution in [2.75, 3.05) is 11.9 Å². The monoisotopic (exact) mass is 315 g/mol. The Morgan fingerprint density at radius 3 is 2.60 bits per heavy atom. The van der Waals surface area contributed by atoms with E-state index in [2.05, 4.69) is 26.1 Å². The molecule has 2 rings (SSSR count). The van der Waals surface area contributed by atoms with Gasteiger partial charge >= 0.3 is 0 Å². The molecule has 0 aliphatic heterocycles. The number of hydrogen-bond donors (Lipinski definition) is 2. The molecule has 1 aliphatic rings. The highest BCUT2D eigenvalue weighted by Crippen LogP contribution is 2.46. The third kappa shape index (κ3) is 3.81. The van der Waals surface area contributed by atoms with E-state index in [1.807, 2.05) is 12.1 Å². The van der Waals surface area contributed by atoms with Crippen LogP contribution in [0.3, 0.4) is 0 Å². The van der Waals surface area contributed by atoms with Crippen molar-refractivity contribution in [3.05, 3.63) is 28.2 Å². The Labute approximate surface area is 131 Å². The predicted octanol–water partition coefficient (Wildman–Crippen LogP) is 4.98. The van der Waals surface area contributed by atoms with Crippen molar-refractivity contribution in [3.8, 4) is 0 Å². The summed E-state index contributed by atoms with van der Waals surface area (Å²) in [7, 11) is 0. The first-order valence-corrected chi connectivity index (χ1v) is 7.82. The molecular weight excluding hydrogens is 293 g/mol. The van der Waals surface area contributed by atoms with Crippen LogP contribution in [0.1, 0.15) is 40.0 Å². The van der Waals surface area contributed by atoms with Gasteiger partial charge in [0.05, 0.1) is 21.8 Å². The molecule has 0 heterocycles. The summed E-state index contributed by atoms with van der Waals surface area (Å²) in [6, 6.07) is 5.60. The third-order valence-corrected chi connectivity index (χ3v) is 4.90. The minimum Gasteiger partial charge on any atom is -0.393 e. The smallest absolute Gasteiger partial charge is 0.0823 e. The zero-order chi connectivity index (χ0) is 15.0. The molecule has 0 amide bonds. The zero-order valence-corrected chi connectivity index (χ0v) is 13.9. The third-order valence-electron chi connectivity index (χ3n) is 4.08. The van der Waals surface area contributed by atoms with Crippen molar-refractivity contribution in [2.24, 2.45) is 10.8 Å². The molecule has 2 unspecified atom stereocenters. The molecule has 20 heavy (non-hydrogen) atoms. The molecule has 1 fully saturated rings. The van der Waals surface area contributed by atoms with E-state index in [0.717, 1.165) is 31.5 Å². The Kier molecular flexibility index (Phi) is 4.58. The van der Waals surface area contributed by atoms with Crippen molar-refractivity contribution in [3.63, 3.8) is 0 Å². The highest BCUT2D eigenvalue weighted by molar-refractivity contribution is 6.43. The van der Waals surface area contributed by atoms with Gasteiger partial charge in [-0.25, -0.2) is 0 Å². The largest absolute Gasteiger partial charge is 0.393 e. The Morgan fingerprint density at radius 2 is 1.95 bits per heavy atom. The number of rotatable bonds is 3. The lowest BCUT2D eigenvalue weighted by atomic mass is 9.63. The Balaban J connectivity index is 2.07. The summed E-state index contributed by atoms with van der Waals surface area (Å²) in [5, 5.41) is 14.6. The van der Waals surface area contributed by atoms with E-state index in [9.17, 15) is 5.11 Å². The van der Waals surface area contributed by atoms with Gasteiger partial charge in [-0.2, -0.15) is 0 Å². The first-order valence-electron chi connectivity index (χ1n) is 7.07. The van der Waals surface area contributed by atoms with Crippen molar-refractivity contribution < 1.29 is 5.11 Å². The lowest BCUT2D eigenvalue weighted by Gasteiger charge is -2.45. The van der Waals surface area contributed by atoms with Gasteiger partial charge in [0.15, 0.2) is 0 Å². The van der Waals surface area contributed by atoms with E-state index in [-0.39, 0.29) is 16.9 Å². The van der Waals surface area contributed by atoms with E-state index in [4.69, 9.17) is 23.2 Å². The number of hydrogen-bond acceptors (Lipinski definition) is 2. The fourth-order valence-corrected chi connectivity index (χ4v) is 4.03. The molecule has 2 nitrogen and oxygen atoms in total. The molecule has 2 atom stereocenters. The molecular formula is C16H23Cl2NO. The van der Waals surface area contributed by atoms with E-state index < -0.39 is 0 Å². The molecule has 4 heteroatoms. The summed E-state index contributed by atoms with van der Waals surface area (Å²) < 4.78 is 0.